The van der Waals surface area contributed by atoms with Gasteiger partial charge in [0.25, 0.3) is 5.91 Å². The van der Waals surface area contributed by atoms with Crippen molar-refractivity contribution < 1.29 is 14.3 Å². The van der Waals surface area contributed by atoms with Crippen LogP contribution in [0, 0.1) is 0 Å². The van der Waals surface area contributed by atoms with Crippen molar-refractivity contribution in [3.05, 3.63) is 45.7 Å². The second-order valence-electron chi connectivity index (χ2n) is 8.93. The molecule has 4 rings (SSSR count). The van der Waals surface area contributed by atoms with Crippen molar-refractivity contribution in [2.45, 2.75) is 58.3 Å². The van der Waals surface area contributed by atoms with E-state index >= 15 is 0 Å². The molecule has 3 heterocycles. The quantitative estimate of drug-likeness (QED) is 0.678. The number of rotatable bonds is 5. The standard InChI is InChI=1S/C23H29BrN4O3/c1-23(2,3)21-19-20(28(27-21)11-13-31-18-6-4-5-12-30-18)22(29)25-14-17(26-19)15-7-9-16(24)10-8-15/h7-10,18H,4-6,11-14H2,1-3H3,(H,25,29). The number of halogens is 1. The summed E-state index contributed by atoms with van der Waals surface area (Å²) in [6, 6.07) is 7.95. The molecule has 2 aromatic rings. The second kappa shape index (κ2) is 9.22. The first-order chi connectivity index (χ1) is 14.8. The molecule has 31 heavy (non-hydrogen) atoms. The van der Waals surface area contributed by atoms with E-state index in [0.29, 0.717) is 31.1 Å². The summed E-state index contributed by atoms with van der Waals surface area (Å²) in [5.74, 6) is -0.164. The van der Waals surface area contributed by atoms with Crippen molar-refractivity contribution in [3.8, 4) is 0 Å². The highest BCUT2D eigenvalue weighted by Crippen LogP contribution is 2.35. The highest BCUT2D eigenvalue weighted by Gasteiger charge is 2.32. The molecule has 1 N–H and O–H groups in total. The van der Waals surface area contributed by atoms with Gasteiger partial charge >= 0.3 is 0 Å². The van der Waals surface area contributed by atoms with E-state index in [9.17, 15) is 4.79 Å². The van der Waals surface area contributed by atoms with Gasteiger partial charge in [0.05, 0.1) is 31.1 Å². The first-order valence-electron chi connectivity index (χ1n) is 10.8. The molecule has 0 saturated carbocycles. The van der Waals surface area contributed by atoms with Crippen LogP contribution < -0.4 is 5.32 Å². The van der Waals surface area contributed by atoms with Crippen LogP contribution in [0.3, 0.4) is 0 Å². The third-order valence-electron chi connectivity index (χ3n) is 5.44. The number of aromatic nitrogens is 2. The summed E-state index contributed by atoms with van der Waals surface area (Å²) in [4.78, 5) is 18.0. The molecule has 0 bridgehead atoms. The van der Waals surface area contributed by atoms with Gasteiger partial charge in [0.15, 0.2) is 12.0 Å². The average molecular weight is 489 g/mol. The monoisotopic (exact) mass is 488 g/mol. The Kier molecular flexibility index (Phi) is 6.60. The van der Waals surface area contributed by atoms with Gasteiger partial charge in [-0.1, -0.05) is 48.8 Å². The zero-order valence-corrected chi connectivity index (χ0v) is 19.9. The molecule has 1 atom stereocenters. The lowest BCUT2D eigenvalue weighted by molar-refractivity contribution is -0.163. The van der Waals surface area contributed by atoms with E-state index in [1.165, 1.54) is 0 Å². The van der Waals surface area contributed by atoms with E-state index in [2.05, 4.69) is 42.0 Å². The Balaban J connectivity index is 1.66. The Morgan fingerprint density at radius 1 is 1.26 bits per heavy atom. The number of carbonyl (C=O) groups excluding carboxylic acids is 1. The highest BCUT2D eigenvalue weighted by molar-refractivity contribution is 9.10. The molecule has 1 amide bonds. The van der Waals surface area contributed by atoms with Crippen LogP contribution in [0.2, 0.25) is 0 Å². The molecule has 8 heteroatoms. The van der Waals surface area contributed by atoms with Crippen molar-refractivity contribution >= 4 is 33.2 Å². The van der Waals surface area contributed by atoms with Crippen LogP contribution in [0.4, 0.5) is 5.69 Å². The fourth-order valence-electron chi connectivity index (χ4n) is 3.79. The van der Waals surface area contributed by atoms with Crippen LogP contribution in [0.25, 0.3) is 0 Å². The molecule has 166 valence electrons. The minimum Gasteiger partial charge on any atom is -0.353 e. The van der Waals surface area contributed by atoms with Gasteiger partial charge < -0.3 is 14.8 Å². The van der Waals surface area contributed by atoms with Crippen LogP contribution in [-0.4, -0.2) is 47.4 Å². The van der Waals surface area contributed by atoms with Crippen LogP contribution >= 0.6 is 15.9 Å². The van der Waals surface area contributed by atoms with Crippen molar-refractivity contribution in [3.63, 3.8) is 0 Å². The number of hydrogen-bond donors (Lipinski definition) is 1. The number of nitrogens with zero attached hydrogens (tertiary/aromatic N) is 3. The molecule has 1 aromatic carbocycles. The maximum Gasteiger partial charge on any atom is 0.272 e. The van der Waals surface area contributed by atoms with Gasteiger partial charge in [0, 0.05) is 16.5 Å². The number of benzene rings is 1. The Labute approximate surface area is 191 Å². The Morgan fingerprint density at radius 2 is 2.03 bits per heavy atom. The van der Waals surface area contributed by atoms with Crippen molar-refractivity contribution in [1.29, 1.82) is 0 Å². The van der Waals surface area contributed by atoms with Gasteiger partial charge in [-0.05, 0) is 37.0 Å². The van der Waals surface area contributed by atoms with Crippen LogP contribution in [0.15, 0.2) is 33.7 Å². The fourth-order valence-corrected chi connectivity index (χ4v) is 4.06. The predicted octanol–water partition coefficient (Wildman–Crippen LogP) is 4.35. The molecular formula is C23H29BrN4O3. The van der Waals surface area contributed by atoms with E-state index in [1.807, 2.05) is 24.3 Å². The molecule has 0 aliphatic carbocycles. The van der Waals surface area contributed by atoms with Crippen molar-refractivity contribution in [2.75, 3.05) is 19.8 Å². The lowest BCUT2D eigenvalue weighted by Gasteiger charge is -2.22. The van der Waals surface area contributed by atoms with Gasteiger partial charge in [0.2, 0.25) is 0 Å². The van der Waals surface area contributed by atoms with Gasteiger partial charge in [-0.25, -0.2) is 4.99 Å². The Bertz CT molecular complexity index is 970. The van der Waals surface area contributed by atoms with E-state index < -0.39 is 0 Å². The van der Waals surface area contributed by atoms with Crippen LogP contribution in [0.1, 0.15) is 61.8 Å². The minimum absolute atomic E-state index is 0.164. The van der Waals surface area contributed by atoms with E-state index in [0.717, 1.165) is 47.3 Å². The van der Waals surface area contributed by atoms with E-state index in [4.69, 9.17) is 19.6 Å². The smallest absolute Gasteiger partial charge is 0.272 e. The summed E-state index contributed by atoms with van der Waals surface area (Å²) in [6.45, 7) is 8.27. The van der Waals surface area contributed by atoms with Gasteiger partial charge in [-0.2, -0.15) is 5.10 Å². The third-order valence-corrected chi connectivity index (χ3v) is 5.97. The highest BCUT2D eigenvalue weighted by atomic mass is 79.9. The third kappa shape index (κ3) is 5.07. The van der Waals surface area contributed by atoms with Crippen molar-refractivity contribution in [2.24, 2.45) is 4.99 Å². The lowest BCUT2D eigenvalue weighted by atomic mass is 9.91. The fraction of sp³-hybridized carbons (Fsp3) is 0.522. The SMILES string of the molecule is CC(C)(C)c1nn(CCOC2CCCCO2)c2c1N=C(c1ccc(Br)cc1)CNC2=O. The molecule has 2 aliphatic heterocycles. The zero-order valence-electron chi connectivity index (χ0n) is 18.3. The number of ether oxygens (including phenoxy) is 2. The summed E-state index contributed by atoms with van der Waals surface area (Å²) in [6.07, 6.45) is 2.94. The summed E-state index contributed by atoms with van der Waals surface area (Å²) in [7, 11) is 0. The number of nitrogens with one attached hydrogen (secondary N) is 1. The van der Waals surface area contributed by atoms with Gasteiger partial charge in [-0.15, -0.1) is 0 Å². The Hall–Kier alpha value is -2.03. The van der Waals surface area contributed by atoms with Crippen LogP contribution in [-0.2, 0) is 21.4 Å². The normalized spacial score (nSPS) is 19.4. The van der Waals surface area contributed by atoms with E-state index in [-0.39, 0.29) is 17.6 Å². The largest absolute Gasteiger partial charge is 0.353 e. The molecule has 0 spiro atoms. The molecule has 1 aromatic heterocycles. The second-order valence-corrected chi connectivity index (χ2v) is 9.85. The summed E-state index contributed by atoms with van der Waals surface area (Å²) < 4.78 is 14.3. The van der Waals surface area contributed by atoms with Gasteiger partial charge in [0.1, 0.15) is 5.69 Å². The zero-order chi connectivity index (χ0) is 22.0. The molecular weight excluding hydrogens is 460 g/mol. The molecule has 0 radical (unpaired) electrons. The summed E-state index contributed by atoms with van der Waals surface area (Å²) in [5.41, 5.74) is 3.47. The molecule has 1 saturated heterocycles. The van der Waals surface area contributed by atoms with Crippen LogP contribution in [0.5, 0.6) is 0 Å². The maximum atomic E-state index is 13.0. The number of hydrogen-bond acceptors (Lipinski definition) is 5. The minimum atomic E-state index is -0.262. The number of amides is 1. The topological polar surface area (TPSA) is 77.7 Å². The molecule has 1 unspecified atom stereocenters. The Morgan fingerprint density at radius 3 is 2.71 bits per heavy atom. The number of carbonyl (C=O) groups is 1. The average Bonchev–Trinajstić information content (AvgIpc) is 3.02. The number of fused-ring (bicyclic) bond motifs is 1. The predicted molar refractivity (Wildman–Crippen MR) is 123 cm³/mol. The number of aliphatic imine (C=N–C) groups is 1. The molecule has 7 nitrogen and oxygen atoms in total. The first-order valence-corrected chi connectivity index (χ1v) is 11.6. The maximum absolute atomic E-state index is 13.0. The van der Waals surface area contributed by atoms with Crippen molar-refractivity contribution in [1.82, 2.24) is 15.1 Å². The van der Waals surface area contributed by atoms with Gasteiger partial charge in [-0.3, -0.25) is 9.48 Å². The summed E-state index contributed by atoms with van der Waals surface area (Å²) >= 11 is 3.47. The summed E-state index contributed by atoms with van der Waals surface area (Å²) in [5, 5.41) is 7.80. The van der Waals surface area contributed by atoms with E-state index in [1.54, 1.807) is 4.68 Å². The molecule has 2 aliphatic rings. The lowest BCUT2D eigenvalue weighted by Crippen LogP contribution is -2.30. The first kappa shape index (κ1) is 22.2. The molecule has 1 fully saturated rings.